The molecule has 0 aromatic heterocycles. The van der Waals surface area contributed by atoms with Gasteiger partial charge in [-0.3, -0.25) is 4.79 Å². The van der Waals surface area contributed by atoms with Crippen molar-refractivity contribution >= 4 is 35.5 Å². The van der Waals surface area contributed by atoms with Crippen LogP contribution >= 0.6 is 23.2 Å². The maximum Gasteiger partial charge on any atom is 0.344 e. The normalized spacial score (nSPS) is 11.0. The molecule has 0 atom stereocenters. The minimum Gasteiger partial charge on any atom is -0.479 e. The van der Waals surface area contributed by atoms with Crippen LogP contribution in [0.5, 0.6) is 5.75 Å². The van der Waals surface area contributed by atoms with E-state index in [9.17, 15) is 9.59 Å². The fourth-order valence-corrected chi connectivity index (χ4v) is 1.90. The molecular weight excluding hydrogens is 291 g/mol. The maximum atomic E-state index is 11.5. The highest BCUT2D eigenvalue weighted by Crippen LogP contribution is 2.33. The van der Waals surface area contributed by atoms with Crippen LogP contribution in [0.25, 0.3) is 0 Å². The number of hydrogen-bond donors (Lipinski definition) is 0. The lowest BCUT2D eigenvalue weighted by Gasteiger charge is -2.19. The fourth-order valence-electron chi connectivity index (χ4n) is 1.29. The third-order valence-corrected chi connectivity index (χ3v) is 2.47. The van der Waals surface area contributed by atoms with Gasteiger partial charge < -0.3 is 9.47 Å². The third kappa shape index (κ3) is 5.09. The van der Waals surface area contributed by atoms with Crippen molar-refractivity contribution in [2.24, 2.45) is 0 Å². The van der Waals surface area contributed by atoms with Gasteiger partial charge >= 0.3 is 5.97 Å². The molecule has 0 N–H and O–H groups in total. The molecule has 0 spiro atoms. The first-order chi connectivity index (χ1) is 8.73. The standard InChI is InChI=1S/C13H14Cl2O4/c1-13(2,3)19-11(17)7-18-12-9(14)4-8(6-16)5-10(12)15/h4-6H,7H2,1-3H3. The Morgan fingerprint density at radius 1 is 1.26 bits per heavy atom. The predicted octanol–water partition coefficient (Wildman–Crippen LogP) is 3.53. The van der Waals surface area contributed by atoms with Crippen molar-refractivity contribution in [1.29, 1.82) is 0 Å². The first-order valence-corrected chi connectivity index (χ1v) is 6.27. The number of hydrogen-bond acceptors (Lipinski definition) is 4. The highest BCUT2D eigenvalue weighted by atomic mass is 35.5. The second-order valence-electron chi connectivity index (χ2n) is 4.81. The average Bonchev–Trinajstić information content (AvgIpc) is 2.25. The summed E-state index contributed by atoms with van der Waals surface area (Å²) < 4.78 is 10.3. The van der Waals surface area contributed by atoms with Crippen LogP contribution in [0.15, 0.2) is 12.1 Å². The van der Waals surface area contributed by atoms with Crippen molar-refractivity contribution in [3.63, 3.8) is 0 Å². The zero-order valence-corrected chi connectivity index (χ0v) is 12.3. The van der Waals surface area contributed by atoms with Gasteiger partial charge in [-0.1, -0.05) is 23.2 Å². The minimum absolute atomic E-state index is 0.153. The Labute approximate surface area is 121 Å². The number of ether oxygens (including phenoxy) is 2. The predicted molar refractivity (Wildman–Crippen MR) is 73.2 cm³/mol. The molecule has 4 nitrogen and oxygen atoms in total. The zero-order valence-electron chi connectivity index (χ0n) is 10.8. The van der Waals surface area contributed by atoms with Crippen LogP contribution < -0.4 is 4.74 Å². The molecule has 0 heterocycles. The molecule has 1 aromatic rings. The average molecular weight is 305 g/mol. The summed E-state index contributed by atoms with van der Waals surface area (Å²) in [4.78, 5) is 22.1. The molecule has 104 valence electrons. The Bertz CT molecular complexity index is 469. The van der Waals surface area contributed by atoms with Crippen LogP contribution in [0.4, 0.5) is 0 Å². The van der Waals surface area contributed by atoms with Gasteiger partial charge in [0.1, 0.15) is 11.9 Å². The number of carbonyl (C=O) groups is 2. The highest BCUT2D eigenvalue weighted by Gasteiger charge is 2.18. The second kappa shape index (κ2) is 6.26. The molecule has 1 aromatic carbocycles. The topological polar surface area (TPSA) is 52.6 Å². The van der Waals surface area contributed by atoms with E-state index >= 15 is 0 Å². The van der Waals surface area contributed by atoms with Gasteiger partial charge in [-0.25, -0.2) is 4.79 Å². The summed E-state index contributed by atoms with van der Waals surface area (Å²) in [5, 5.41) is 0.330. The molecule has 0 amide bonds. The summed E-state index contributed by atoms with van der Waals surface area (Å²) in [5.41, 5.74) is -0.255. The van der Waals surface area contributed by atoms with Gasteiger partial charge in [0.25, 0.3) is 0 Å². The Morgan fingerprint density at radius 2 is 1.79 bits per heavy atom. The van der Waals surface area contributed by atoms with Gasteiger partial charge in [0, 0.05) is 5.56 Å². The Morgan fingerprint density at radius 3 is 2.21 bits per heavy atom. The van der Waals surface area contributed by atoms with E-state index in [1.165, 1.54) is 12.1 Å². The lowest BCUT2D eigenvalue weighted by atomic mass is 10.2. The van der Waals surface area contributed by atoms with E-state index < -0.39 is 11.6 Å². The Hall–Kier alpha value is -1.26. The molecule has 0 unspecified atom stereocenters. The Balaban J connectivity index is 2.73. The molecule has 1 rings (SSSR count). The van der Waals surface area contributed by atoms with E-state index in [4.69, 9.17) is 32.7 Å². The van der Waals surface area contributed by atoms with Crippen LogP contribution in [-0.4, -0.2) is 24.5 Å². The van der Waals surface area contributed by atoms with Crippen molar-refractivity contribution in [1.82, 2.24) is 0 Å². The first kappa shape index (κ1) is 15.8. The van der Waals surface area contributed by atoms with Crippen molar-refractivity contribution in [3.8, 4) is 5.75 Å². The molecule has 0 aliphatic heterocycles. The van der Waals surface area contributed by atoms with E-state index in [1.54, 1.807) is 20.8 Å². The van der Waals surface area contributed by atoms with Crippen LogP contribution in [0.1, 0.15) is 31.1 Å². The molecule has 0 aliphatic rings. The largest absolute Gasteiger partial charge is 0.479 e. The van der Waals surface area contributed by atoms with Crippen molar-refractivity contribution in [3.05, 3.63) is 27.7 Å². The molecule has 0 bridgehead atoms. The molecule has 0 saturated carbocycles. The summed E-state index contributed by atoms with van der Waals surface area (Å²) in [6.45, 7) is 4.95. The van der Waals surface area contributed by atoms with Gasteiger partial charge in [-0.2, -0.15) is 0 Å². The minimum atomic E-state index is -0.588. The van der Waals surface area contributed by atoms with Crippen LogP contribution in [0.3, 0.4) is 0 Å². The summed E-state index contributed by atoms with van der Waals surface area (Å²) in [5.74, 6) is -0.376. The van der Waals surface area contributed by atoms with E-state index in [0.717, 1.165) is 0 Å². The third-order valence-electron chi connectivity index (χ3n) is 1.91. The summed E-state index contributed by atoms with van der Waals surface area (Å²) >= 11 is 11.8. The zero-order chi connectivity index (χ0) is 14.6. The van der Waals surface area contributed by atoms with Gasteiger partial charge in [0.2, 0.25) is 0 Å². The lowest BCUT2D eigenvalue weighted by Crippen LogP contribution is -2.27. The molecule has 0 aliphatic carbocycles. The van der Waals surface area contributed by atoms with Gasteiger partial charge in [0.05, 0.1) is 10.0 Å². The smallest absolute Gasteiger partial charge is 0.344 e. The summed E-state index contributed by atoms with van der Waals surface area (Å²) in [7, 11) is 0. The van der Waals surface area contributed by atoms with E-state index in [-0.39, 0.29) is 22.4 Å². The number of aldehydes is 1. The Kier molecular flexibility index (Phi) is 5.20. The molecule has 0 fully saturated rings. The van der Waals surface area contributed by atoms with Gasteiger partial charge in [-0.05, 0) is 32.9 Å². The monoisotopic (exact) mass is 304 g/mol. The van der Waals surface area contributed by atoms with Crippen molar-refractivity contribution in [2.45, 2.75) is 26.4 Å². The van der Waals surface area contributed by atoms with Crippen LogP contribution in [0, 0.1) is 0 Å². The number of rotatable bonds is 4. The first-order valence-electron chi connectivity index (χ1n) is 5.52. The molecule has 0 radical (unpaired) electrons. The fraction of sp³-hybridized carbons (Fsp3) is 0.385. The molecule has 0 saturated heterocycles. The van der Waals surface area contributed by atoms with E-state index in [2.05, 4.69) is 0 Å². The molecular formula is C13H14Cl2O4. The SMILES string of the molecule is CC(C)(C)OC(=O)COc1c(Cl)cc(C=O)cc1Cl. The number of carbonyl (C=O) groups excluding carboxylic acids is 2. The second-order valence-corrected chi connectivity index (χ2v) is 5.62. The van der Waals surface area contributed by atoms with Gasteiger partial charge in [-0.15, -0.1) is 0 Å². The highest BCUT2D eigenvalue weighted by molar-refractivity contribution is 6.37. The van der Waals surface area contributed by atoms with Crippen molar-refractivity contribution < 1.29 is 19.1 Å². The van der Waals surface area contributed by atoms with Crippen molar-refractivity contribution in [2.75, 3.05) is 6.61 Å². The van der Waals surface area contributed by atoms with E-state index in [1.807, 2.05) is 0 Å². The molecule has 6 heteroatoms. The summed E-state index contributed by atoms with van der Waals surface area (Å²) in [6, 6.07) is 2.82. The van der Waals surface area contributed by atoms with E-state index in [0.29, 0.717) is 11.8 Å². The quantitative estimate of drug-likeness (QED) is 0.631. The van der Waals surface area contributed by atoms with Crippen LogP contribution in [-0.2, 0) is 9.53 Å². The summed E-state index contributed by atoms with van der Waals surface area (Å²) in [6.07, 6.45) is 0.620. The maximum absolute atomic E-state index is 11.5. The van der Waals surface area contributed by atoms with Crippen LogP contribution in [0.2, 0.25) is 10.0 Å². The van der Waals surface area contributed by atoms with Gasteiger partial charge in [0.15, 0.2) is 12.4 Å². The molecule has 19 heavy (non-hydrogen) atoms. The lowest BCUT2D eigenvalue weighted by molar-refractivity contribution is -0.157. The number of benzene rings is 1. The number of halogens is 2. The number of esters is 1.